The van der Waals surface area contributed by atoms with E-state index in [0.717, 1.165) is 28.1 Å². The van der Waals surface area contributed by atoms with E-state index in [9.17, 15) is 4.79 Å². The Labute approximate surface area is 134 Å². The van der Waals surface area contributed by atoms with E-state index in [-0.39, 0.29) is 5.97 Å². The van der Waals surface area contributed by atoms with Crippen molar-refractivity contribution in [1.29, 1.82) is 0 Å². The number of hydrogen-bond acceptors (Lipinski definition) is 5. The zero-order valence-corrected chi connectivity index (χ0v) is 13.6. The third-order valence-corrected chi connectivity index (χ3v) is 3.72. The maximum Gasteiger partial charge on any atom is 0.307 e. The monoisotopic (exact) mass is 312 g/mol. The van der Waals surface area contributed by atoms with Crippen molar-refractivity contribution in [2.75, 3.05) is 25.1 Å². The molecule has 3 aromatic rings. The number of aromatic nitrogens is 3. The SMILES string of the molecule is CCOC(=O)CCN(C)c1nc2cc(C)nn2c2ccccc12. The predicted octanol–water partition coefficient (Wildman–Crippen LogP) is 2.58. The number of anilines is 1. The molecule has 6 nitrogen and oxygen atoms in total. The first-order valence-corrected chi connectivity index (χ1v) is 7.72. The molecule has 0 aliphatic carbocycles. The number of carbonyl (C=O) groups is 1. The summed E-state index contributed by atoms with van der Waals surface area (Å²) in [5.41, 5.74) is 2.73. The lowest BCUT2D eigenvalue weighted by Crippen LogP contribution is -2.23. The molecule has 0 saturated carbocycles. The largest absolute Gasteiger partial charge is 0.466 e. The van der Waals surface area contributed by atoms with Gasteiger partial charge in [0.05, 0.1) is 24.2 Å². The molecule has 2 aromatic heterocycles. The van der Waals surface area contributed by atoms with Crippen LogP contribution >= 0.6 is 0 Å². The van der Waals surface area contributed by atoms with Crippen LogP contribution in [-0.2, 0) is 9.53 Å². The highest BCUT2D eigenvalue weighted by Gasteiger charge is 2.14. The predicted molar refractivity (Wildman–Crippen MR) is 89.8 cm³/mol. The lowest BCUT2D eigenvalue weighted by atomic mass is 10.2. The van der Waals surface area contributed by atoms with Gasteiger partial charge in [-0.15, -0.1) is 0 Å². The zero-order chi connectivity index (χ0) is 16.4. The van der Waals surface area contributed by atoms with Crippen LogP contribution in [0.4, 0.5) is 5.82 Å². The minimum absolute atomic E-state index is 0.190. The molecule has 6 heteroatoms. The van der Waals surface area contributed by atoms with Gasteiger partial charge in [0.2, 0.25) is 0 Å². The molecule has 1 aromatic carbocycles. The topological polar surface area (TPSA) is 59.7 Å². The first-order chi connectivity index (χ1) is 11.1. The van der Waals surface area contributed by atoms with Crippen LogP contribution in [0.2, 0.25) is 0 Å². The fraction of sp³-hybridized carbons (Fsp3) is 0.353. The summed E-state index contributed by atoms with van der Waals surface area (Å²) in [5.74, 6) is 0.655. The Hall–Kier alpha value is -2.63. The molecule has 0 aliphatic heterocycles. The number of benzene rings is 1. The summed E-state index contributed by atoms with van der Waals surface area (Å²) in [7, 11) is 1.94. The van der Waals surface area contributed by atoms with Gasteiger partial charge in [0.15, 0.2) is 5.65 Å². The zero-order valence-electron chi connectivity index (χ0n) is 13.6. The van der Waals surface area contributed by atoms with Crippen LogP contribution in [0.25, 0.3) is 16.6 Å². The molecule has 0 fully saturated rings. The van der Waals surface area contributed by atoms with Crippen molar-refractivity contribution in [3.8, 4) is 0 Å². The van der Waals surface area contributed by atoms with Gasteiger partial charge in [-0.25, -0.2) is 9.50 Å². The molecule has 23 heavy (non-hydrogen) atoms. The molecule has 0 saturated heterocycles. The molecule has 0 unspecified atom stereocenters. The average Bonchev–Trinajstić information content (AvgIpc) is 2.92. The standard InChI is InChI=1S/C17H20N4O2/c1-4-23-16(22)9-10-20(3)17-13-7-5-6-8-14(13)21-15(18-17)11-12(2)19-21/h5-8,11H,4,9-10H2,1-3H3. The van der Waals surface area contributed by atoms with E-state index < -0.39 is 0 Å². The van der Waals surface area contributed by atoms with E-state index in [0.29, 0.717) is 19.6 Å². The maximum atomic E-state index is 11.6. The molecule has 120 valence electrons. The van der Waals surface area contributed by atoms with E-state index >= 15 is 0 Å². The van der Waals surface area contributed by atoms with Crippen molar-refractivity contribution in [2.45, 2.75) is 20.3 Å². The van der Waals surface area contributed by atoms with E-state index in [4.69, 9.17) is 9.72 Å². The Balaban J connectivity index is 1.99. The van der Waals surface area contributed by atoms with Gasteiger partial charge in [-0.05, 0) is 26.0 Å². The normalized spacial score (nSPS) is 11.1. The Bertz CT molecular complexity index is 856. The average molecular weight is 312 g/mol. The molecule has 0 N–H and O–H groups in total. The molecule has 3 rings (SSSR count). The Morgan fingerprint density at radius 2 is 2.13 bits per heavy atom. The lowest BCUT2D eigenvalue weighted by molar-refractivity contribution is -0.142. The third-order valence-electron chi connectivity index (χ3n) is 3.72. The van der Waals surface area contributed by atoms with Crippen molar-refractivity contribution in [2.24, 2.45) is 0 Å². The summed E-state index contributed by atoms with van der Waals surface area (Å²) in [6.07, 6.45) is 0.337. The van der Waals surface area contributed by atoms with Crippen LogP contribution in [0.3, 0.4) is 0 Å². The second-order valence-corrected chi connectivity index (χ2v) is 5.48. The van der Waals surface area contributed by atoms with Crippen LogP contribution in [-0.4, -0.2) is 40.8 Å². The van der Waals surface area contributed by atoms with Crippen LogP contribution in [0.1, 0.15) is 19.0 Å². The number of aryl methyl sites for hydroxylation is 1. The van der Waals surface area contributed by atoms with Crippen molar-refractivity contribution < 1.29 is 9.53 Å². The van der Waals surface area contributed by atoms with Gasteiger partial charge >= 0.3 is 5.97 Å². The van der Waals surface area contributed by atoms with E-state index in [2.05, 4.69) is 5.10 Å². The number of ether oxygens (including phenoxy) is 1. The van der Waals surface area contributed by atoms with Gasteiger partial charge in [-0.1, -0.05) is 12.1 Å². The van der Waals surface area contributed by atoms with Crippen LogP contribution in [0, 0.1) is 6.92 Å². The summed E-state index contributed by atoms with van der Waals surface area (Å²) in [5, 5.41) is 5.51. The Morgan fingerprint density at radius 3 is 2.91 bits per heavy atom. The summed E-state index contributed by atoms with van der Waals surface area (Å²) < 4.78 is 6.84. The first kappa shape index (κ1) is 15.3. The molecular weight excluding hydrogens is 292 g/mol. The van der Waals surface area contributed by atoms with E-state index in [1.807, 2.05) is 60.6 Å². The highest BCUT2D eigenvalue weighted by Crippen LogP contribution is 2.25. The molecule has 0 spiro atoms. The van der Waals surface area contributed by atoms with Gasteiger partial charge in [0.1, 0.15) is 5.82 Å². The molecule has 0 amide bonds. The van der Waals surface area contributed by atoms with Gasteiger partial charge in [-0.2, -0.15) is 5.10 Å². The second-order valence-electron chi connectivity index (χ2n) is 5.48. The number of esters is 1. The van der Waals surface area contributed by atoms with Gasteiger partial charge in [-0.3, -0.25) is 4.79 Å². The minimum Gasteiger partial charge on any atom is -0.466 e. The van der Waals surface area contributed by atoms with Crippen LogP contribution in [0.5, 0.6) is 0 Å². The number of nitrogens with zero attached hydrogens (tertiary/aromatic N) is 4. The molecule has 2 heterocycles. The molecule has 0 bridgehead atoms. The smallest absolute Gasteiger partial charge is 0.307 e. The van der Waals surface area contributed by atoms with Crippen LogP contribution in [0.15, 0.2) is 30.3 Å². The van der Waals surface area contributed by atoms with Crippen LogP contribution < -0.4 is 4.90 Å². The quantitative estimate of drug-likeness (QED) is 0.678. The Kier molecular flexibility index (Phi) is 4.14. The van der Waals surface area contributed by atoms with Gasteiger partial charge in [0, 0.05) is 25.0 Å². The van der Waals surface area contributed by atoms with Crippen molar-refractivity contribution in [3.63, 3.8) is 0 Å². The molecular formula is C17H20N4O2. The fourth-order valence-electron chi connectivity index (χ4n) is 2.65. The maximum absolute atomic E-state index is 11.6. The van der Waals surface area contributed by atoms with Gasteiger partial charge < -0.3 is 9.64 Å². The van der Waals surface area contributed by atoms with Crippen molar-refractivity contribution >= 4 is 28.3 Å². The summed E-state index contributed by atoms with van der Waals surface area (Å²) >= 11 is 0. The summed E-state index contributed by atoms with van der Waals surface area (Å²) in [6, 6.07) is 9.97. The molecule has 0 atom stereocenters. The minimum atomic E-state index is -0.190. The number of hydrogen-bond donors (Lipinski definition) is 0. The third kappa shape index (κ3) is 2.97. The fourth-order valence-corrected chi connectivity index (χ4v) is 2.65. The highest BCUT2D eigenvalue weighted by molar-refractivity contribution is 5.91. The number of fused-ring (bicyclic) bond motifs is 3. The second kappa shape index (κ2) is 6.24. The number of carbonyl (C=O) groups excluding carboxylic acids is 1. The molecule has 0 radical (unpaired) electrons. The number of para-hydroxylation sites is 1. The molecule has 0 aliphatic rings. The van der Waals surface area contributed by atoms with Crippen molar-refractivity contribution in [1.82, 2.24) is 14.6 Å². The Morgan fingerprint density at radius 1 is 1.35 bits per heavy atom. The summed E-state index contributed by atoms with van der Waals surface area (Å²) in [4.78, 5) is 18.3. The number of rotatable bonds is 5. The summed E-state index contributed by atoms with van der Waals surface area (Å²) in [6.45, 7) is 4.73. The lowest BCUT2D eigenvalue weighted by Gasteiger charge is -2.20. The van der Waals surface area contributed by atoms with Crippen molar-refractivity contribution in [3.05, 3.63) is 36.0 Å². The van der Waals surface area contributed by atoms with E-state index in [1.165, 1.54) is 0 Å². The van der Waals surface area contributed by atoms with E-state index in [1.54, 1.807) is 0 Å². The first-order valence-electron chi connectivity index (χ1n) is 7.72. The van der Waals surface area contributed by atoms with Gasteiger partial charge in [0.25, 0.3) is 0 Å². The highest BCUT2D eigenvalue weighted by atomic mass is 16.5.